The fraction of sp³-hybridized carbons (Fsp3) is 0.588. The van der Waals surface area contributed by atoms with Gasteiger partial charge >= 0.3 is 11.9 Å². The summed E-state index contributed by atoms with van der Waals surface area (Å²) in [6.07, 6.45) is 1.81. The van der Waals surface area contributed by atoms with Gasteiger partial charge in [-0.3, -0.25) is 0 Å². The Balaban J connectivity index is 2.03. The summed E-state index contributed by atoms with van der Waals surface area (Å²) >= 11 is 0. The average Bonchev–Trinajstić information content (AvgIpc) is 2.92. The van der Waals surface area contributed by atoms with Gasteiger partial charge in [-0.05, 0) is 32.6 Å². The molecule has 1 unspecified atom stereocenters. The molecule has 0 radical (unpaired) electrons. The lowest BCUT2D eigenvalue weighted by Gasteiger charge is -2.15. The topological polar surface area (TPSA) is 84.0 Å². The van der Waals surface area contributed by atoms with Gasteiger partial charge < -0.3 is 18.9 Å². The SMILES string of the molecule is COC(=O)c1cc(OCCC2COC(C)(C)C2)cc(C(=O)OC)n1. The van der Waals surface area contributed by atoms with Gasteiger partial charge in [0.25, 0.3) is 0 Å². The van der Waals surface area contributed by atoms with E-state index in [-0.39, 0.29) is 17.0 Å². The zero-order valence-corrected chi connectivity index (χ0v) is 14.5. The maximum atomic E-state index is 11.7. The summed E-state index contributed by atoms with van der Waals surface area (Å²) in [5.41, 5.74) is -0.0845. The van der Waals surface area contributed by atoms with E-state index in [0.717, 1.165) is 12.8 Å². The summed E-state index contributed by atoms with van der Waals surface area (Å²) in [6, 6.07) is 2.90. The molecule has 24 heavy (non-hydrogen) atoms. The van der Waals surface area contributed by atoms with Crippen molar-refractivity contribution in [3.05, 3.63) is 23.5 Å². The molecule has 0 aromatic carbocycles. The van der Waals surface area contributed by atoms with Crippen molar-refractivity contribution in [2.45, 2.75) is 32.3 Å². The third-order valence-electron chi connectivity index (χ3n) is 3.87. The van der Waals surface area contributed by atoms with Crippen molar-refractivity contribution < 1.29 is 28.5 Å². The summed E-state index contributed by atoms with van der Waals surface area (Å²) in [6.45, 7) is 5.31. The van der Waals surface area contributed by atoms with Crippen LogP contribution in [-0.2, 0) is 14.2 Å². The molecular weight excluding hydrogens is 314 g/mol. The van der Waals surface area contributed by atoms with Gasteiger partial charge in [-0.15, -0.1) is 0 Å². The number of pyridine rings is 1. The Hall–Kier alpha value is -2.15. The van der Waals surface area contributed by atoms with Crippen molar-refractivity contribution in [1.29, 1.82) is 0 Å². The Morgan fingerprint density at radius 3 is 2.25 bits per heavy atom. The molecule has 0 amide bonds. The smallest absolute Gasteiger partial charge is 0.356 e. The van der Waals surface area contributed by atoms with Crippen LogP contribution in [0.3, 0.4) is 0 Å². The molecule has 1 aromatic heterocycles. The van der Waals surface area contributed by atoms with E-state index < -0.39 is 11.9 Å². The number of hydrogen-bond donors (Lipinski definition) is 0. The minimum absolute atomic E-state index is 0.000679. The molecule has 1 aromatic rings. The predicted molar refractivity (Wildman–Crippen MR) is 85.2 cm³/mol. The van der Waals surface area contributed by atoms with Crippen LogP contribution in [0.1, 0.15) is 47.7 Å². The van der Waals surface area contributed by atoms with Crippen LogP contribution in [0.5, 0.6) is 5.75 Å². The number of nitrogens with zero attached hydrogens (tertiary/aromatic N) is 1. The van der Waals surface area contributed by atoms with Crippen LogP contribution >= 0.6 is 0 Å². The van der Waals surface area contributed by atoms with Crippen LogP contribution in [0, 0.1) is 5.92 Å². The second kappa shape index (κ2) is 7.61. The zero-order valence-electron chi connectivity index (χ0n) is 14.5. The summed E-state index contributed by atoms with van der Waals surface area (Å²) < 4.78 is 20.7. The van der Waals surface area contributed by atoms with Gasteiger partial charge in [-0.2, -0.15) is 0 Å². The van der Waals surface area contributed by atoms with Crippen molar-refractivity contribution in [3.63, 3.8) is 0 Å². The van der Waals surface area contributed by atoms with E-state index in [1.54, 1.807) is 0 Å². The first-order valence-corrected chi connectivity index (χ1v) is 7.80. The van der Waals surface area contributed by atoms with Crippen LogP contribution in [0.15, 0.2) is 12.1 Å². The van der Waals surface area contributed by atoms with E-state index in [1.807, 2.05) is 0 Å². The monoisotopic (exact) mass is 337 g/mol. The first-order chi connectivity index (χ1) is 11.3. The van der Waals surface area contributed by atoms with E-state index in [0.29, 0.717) is 24.9 Å². The van der Waals surface area contributed by atoms with E-state index in [9.17, 15) is 9.59 Å². The van der Waals surface area contributed by atoms with Crippen molar-refractivity contribution in [3.8, 4) is 5.75 Å². The molecule has 7 nitrogen and oxygen atoms in total. The number of aromatic nitrogens is 1. The van der Waals surface area contributed by atoms with Crippen LogP contribution in [0.4, 0.5) is 0 Å². The summed E-state index contributed by atoms with van der Waals surface area (Å²) in [4.78, 5) is 27.3. The molecule has 1 saturated heterocycles. The molecule has 0 bridgehead atoms. The van der Waals surface area contributed by atoms with Gasteiger partial charge in [-0.25, -0.2) is 14.6 Å². The summed E-state index contributed by atoms with van der Waals surface area (Å²) in [5.74, 6) is -0.473. The lowest BCUT2D eigenvalue weighted by molar-refractivity contribution is 0.0346. The van der Waals surface area contributed by atoms with Crippen LogP contribution in [0.2, 0.25) is 0 Å². The molecule has 0 N–H and O–H groups in total. The number of hydrogen-bond acceptors (Lipinski definition) is 7. The highest BCUT2D eigenvalue weighted by Crippen LogP contribution is 2.31. The van der Waals surface area contributed by atoms with Crippen molar-refractivity contribution in [2.24, 2.45) is 5.92 Å². The lowest BCUT2D eigenvalue weighted by atomic mass is 9.96. The van der Waals surface area contributed by atoms with Gasteiger partial charge in [0.1, 0.15) is 5.75 Å². The Morgan fingerprint density at radius 2 is 1.79 bits per heavy atom. The second-order valence-corrected chi connectivity index (χ2v) is 6.33. The molecule has 1 aliphatic heterocycles. The maximum absolute atomic E-state index is 11.7. The number of carbonyl (C=O) groups is 2. The molecule has 2 rings (SSSR count). The first-order valence-electron chi connectivity index (χ1n) is 7.80. The fourth-order valence-corrected chi connectivity index (χ4v) is 2.69. The normalized spacial score (nSPS) is 18.9. The molecular formula is C17H23NO6. The molecule has 0 spiro atoms. The fourth-order valence-electron chi connectivity index (χ4n) is 2.69. The maximum Gasteiger partial charge on any atom is 0.356 e. The molecule has 1 fully saturated rings. The van der Waals surface area contributed by atoms with E-state index in [1.165, 1.54) is 26.4 Å². The number of carbonyl (C=O) groups excluding carboxylic acids is 2. The standard InChI is InChI=1S/C17H23NO6/c1-17(2)9-11(10-24-17)5-6-23-12-7-13(15(19)21-3)18-14(8-12)16(20)22-4/h7-8,11H,5-6,9-10H2,1-4H3. The summed E-state index contributed by atoms with van der Waals surface area (Å²) in [7, 11) is 2.49. The minimum atomic E-state index is -0.642. The summed E-state index contributed by atoms with van der Waals surface area (Å²) in [5, 5.41) is 0. The second-order valence-electron chi connectivity index (χ2n) is 6.33. The van der Waals surface area contributed by atoms with Crippen molar-refractivity contribution in [2.75, 3.05) is 27.4 Å². The Morgan fingerprint density at radius 1 is 1.21 bits per heavy atom. The van der Waals surface area contributed by atoms with Crippen molar-refractivity contribution in [1.82, 2.24) is 4.98 Å². The number of ether oxygens (including phenoxy) is 4. The molecule has 1 aliphatic rings. The zero-order chi connectivity index (χ0) is 17.7. The van der Waals surface area contributed by atoms with Gasteiger partial charge in [0.15, 0.2) is 11.4 Å². The Bertz CT molecular complexity index is 579. The number of rotatable bonds is 6. The lowest BCUT2D eigenvalue weighted by Crippen LogP contribution is -2.17. The van der Waals surface area contributed by atoms with Gasteiger partial charge in [0.2, 0.25) is 0 Å². The number of esters is 2. The average molecular weight is 337 g/mol. The van der Waals surface area contributed by atoms with Crippen LogP contribution < -0.4 is 4.74 Å². The largest absolute Gasteiger partial charge is 0.493 e. The third-order valence-corrected chi connectivity index (χ3v) is 3.87. The minimum Gasteiger partial charge on any atom is -0.493 e. The first kappa shape index (κ1) is 18.2. The van der Waals surface area contributed by atoms with Crippen LogP contribution in [0.25, 0.3) is 0 Å². The predicted octanol–water partition coefficient (Wildman–Crippen LogP) is 2.24. The highest BCUT2D eigenvalue weighted by Gasteiger charge is 2.31. The number of methoxy groups -OCH3 is 2. The van der Waals surface area contributed by atoms with Crippen LogP contribution in [-0.4, -0.2) is 50.0 Å². The van der Waals surface area contributed by atoms with E-state index in [4.69, 9.17) is 9.47 Å². The Labute approximate surface area is 141 Å². The molecule has 1 atom stereocenters. The van der Waals surface area contributed by atoms with Gasteiger partial charge in [0, 0.05) is 12.1 Å². The molecule has 2 heterocycles. The van der Waals surface area contributed by atoms with E-state index >= 15 is 0 Å². The molecule has 132 valence electrons. The highest BCUT2D eigenvalue weighted by atomic mass is 16.5. The van der Waals surface area contributed by atoms with Gasteiger partial charge in [0.05, 0.1) is 33.0 Å². The highest BCUT2D eigenvalue weighted by molar-refractivity contribution is 5.92. The quantitative estimate of drug-likeness (QED) is 0.736. The third kappa shape index (κ3) is 4.67. The van der Waals surface area contributed by atoms with Crippen molar-refractivity contribution >= 4 is 11.9 Å². The van der Waals surface area contributed by atoms with Gasteiger partial charge in [-0.1, -0.05) is 0 Å². The molecule has 0 saturated carbocycles. The molecule has 7 heteroatoms. The van der Waals surface area contributed by atoms with E-state index in [2.05, 4.69) is 28.3 Å². The molecule has 0 aliphatic carbocycles. The Kier molecular flexibility index (Phi) is 5.77.